The summed E-state index contributed by atoms with van der Waals surface area (Å²) in [5.41, 5.74) is 4.08. The fourth-order valence-electron chi connectivity index (χ4n) is 2.88. The third-order valence-corrected chi connectivity index (χ3v) is 5.04. The molecule has 110 valence electrons. The van der Waals surface area contributed by atoms with Crippen LogP contribution in [0.3, 0.4) is 0 Å². The smallest absolute Gasteiger partial charge is 0.0588 e. The molecule has 3 rings (SSSR count). The number of aliphatic hydroxyl groups is 1. The molecule has 0 radical (unpaired) electrons. The fourth-order valence-corrected chi connectivity index (χ4v) is 3.99. The first kappa shape index (κ1) is 14.6. The van der Waals surface area contributed by atoms with E-state index >= 15 is 0 Å². The van der Waals surface area contributed by atoms with Crippen LogP contribution in [-0.4, -0.2) is 23.5 Å². The molecule has 0 saturated carbocycles. The van der Waals surface area contributed by atoms with Crippen molar-refractivity contribution in [3.8, 4) is 0 Å². The van der Waals surface area contributed by atoms with Crippen molar-refractivity contribution in [3.63, 3.8) is 0 Å². The molecule has 1 aliphatic heterocycles. The molecule has 1 aliphatic rings. The lowest BCUT2D eigenvalue weighted by atomic mass is 9.99. The second kappa shape index (κ2) is 7.12. The van der Waals surface area contributed by atoms with Gasteiger partial charge in [-0.15, -0.1) is 0 Å². The first-order valence-electron chi connectivity index (χ1n) is 7.43. The van der Waals surface area contributed by atoms with Crippen molar-refractivity contribution in [2.45, 2.75) is 24.3 Å². The van der Waals surface area contributed by atoms with E-state index in [0.717, 1.165) is 17.9 Å². The maximum Gasteiger partial charge on any atom is 0.0588 e. The Kier molecular flexibility index (Phi) is 4.96. The summed E-state index contributed by atoms with van der Waals surface area (Å²) in [5, 5.41) is 13.3. The predicted molar refractivity (Wildman–Crippen MR) is 89.5 cm³/mol. The zero-order valence-corrected chi connectivity index (χ0v) is 12.9. The van der Waals surface area contributed by atoms with Gasteiger partial charge in [0.05, 0.1) is 6.61 Å². The highest BCUT2D eigenvalue weighted by Crippen LogP contribution is 2.31. The van der Waals surface area contributed by atoms with E-state index in [0.29, 0.717) is 6.04 Å². The second-order valence-electron chi connectivity index (χ2n) is 5.50. The molecule has 0 aromatic heterocycles. The molecule has 21 heavy (non-hydrogen) atoms. The van der Waals surface area contributed by atoms with E-state index < -0.39 is 0 Å². The predicted octanol–water partition coefficient (Wildman–Crippen LogP) is 3.17. The van der Waals surface area contributed by atoms with Gasteiger partial charge in [-0.1, -0.05) is 54.6 Å². The van der Waals surface area contributed by atoms with Gasteiger partial charge in [-0.25, -0.2) is 0 Å². The zero-order chi connectivity index (χ0) is 14.5. The average Bonchev–Trinajstić information content (AvgIpc) is 2.55. The topological polar surface area (TPSA) is 32.3 Å². The lowest BCUT2D eigenvalue weighted by Gasteiger charge is -2.29. The minimum Gasteiger partial charge on any atom is -0.395 e. The van der Waals surface area contributed by atoms with Crippen LogP contribution in [-0.2, 0) is 12.2 Å². The van der Waals surface area contributed by atoms with Crippen LogP contribution in [0, 0.1) is 0 Å². The van der Waals surface area contributed by atoms with E-state index in [-0.39, 0.29) is 12.6 Å². The maximum absolute atomic E-state index is 9.70. The van der Waals surface area contributed by atoms with Crippen LogP contribution in [0.25, 0.3) is 0 Å². The van der Waals surface area contributed by atoms with Crippen LogP contribution in [0.2, 0.25) is 0 Å². The van der Waals surface area contributed by atoms with Gasteiger partial charge in [0.1, 0.15) is 0 Å². The van der Waals surface area contributed by atoms with Gasteiger partial charge in [-0.3, -0.25) is 0 Å². The molecule has 1 unspecified atom stereocenters. The summed E-state index contributed by atoms with van der Waals surface area (Å²) >= 11 is 1.96. The van der Waals surface area contributed by atoms with Crippen LogP contribution in [0.1, 0.15) is 22.7 Å². The number of fused-ring (bicyclic) bond motifs is 1. The largest absolute Gasteiger partial charge is 0.395 e. The van der Waals surface area contributed by atoms with E-state index in [1.165, 1.54) is 16.7 Å². The van der Waals surface area contributed by atoms with Gasteiger partial charge in [-0.2, -0.15) is 11.8 Å². The molecule has 2 N–H and O–H groups in total. The zero-order valence-electron chi connectivity index (χ0n) is 12.0. The van der Waals surface area contributed by atoms with E-state index in [4.69, 9.17) is 0 Å². The normalized spacial score (nSPS) is 19.0. The number of nitrogens with one attached hydrogen (secondary N) is 1. The van der Waals surface area contributed by atoms with Crippen LogP contribution in [0.4, 0.5) is 0 Å². The molecule has 3 heteroatoms. The number of thioether (sulfide) groups is 1. The molecule has 2 aromatic rings. The van der Waals surface area contributed by atoms with Gasteiger partial charge in [0.2, 0.25) is 0 Å². The third-order valence-electron chi connectivity index (χ3n) is 3.95. The number of rotatable bonds is 5. The Morgan fingerprint density at radius 1 is 1.10 bits per heavy atom. The van der Waals surface area contributed by atoms with Crippen molar-refractivity contribution in [2.24, 2.45) is 0 Å². The summed E-state index contributed by atoms with van der Waals surface area (Å²) in [4.78, 5) is 0. The molecule has 0 spiro atoms. The van der Waals surface area contributed by atoms with Gasteiger partial charge < -0.3 is 10.4 Å². The highest BCUT2D eigenvalue weighted by Gasteiger charge is 2.22. The summed E-state index contributed by atoms with van der Waals surface area (Å²) < 4.78 is 0. The van der Waals surface area contributed by atoms with E-state index in [9.17, 15) is 5.11 Å². The van der Waals surface area contributed by atoms with Crippen molar-refractivity contribution in [2.75, 3.05) is 12.4 Å². The second-order valence-corrected chi connectivity index (χ2v) is 6.53. The van der Waals surface area contributed by atoms with E-state index in [2.05, 4.69) is 53.8 Å². The minimum atomic E-state index is 0.101. The van der Waals surface area contributed by atoms with Crippen molar-refractivity contribution in [1.82, 2.24) is 5.32 Å². The lowest BCUT2D eigenvalue weighted by molar-refractivity contribution is 0.233. The molecule has 0 bridgehead atoms. The molecular weight excluding hydrogens is 278 g/mol. The molecular formula is C18H21NOS. The lowest BCUT2D eigenvalue weighted by Crippen LogP contribution is -2.39. The van der Waals surface area contributed by atoms with Gasteiger partial charge in [0.25, 0.3) is 0 Å². The van der Waals surface area contributed by atoms with Crippen LogP contribution < -0.4 is 5.32 Å². The van der Waals surface area contributed by atoms with Crippen molar-refractivity contribution in [1.29, 1.82) is 0 Å². The van der Waals surface area contributed by atoms with Crippen LogP contribution in [0.5, 0.6) is 0 Å². The Balaban J connectivity index is 1.70. The molecule has 1 heterocycles. The molecule has 0 fully saturated rings. The quantitative estimate of drug-likeness (QED) is 0.889. The number of aliphatic hydroxyl groups excluding tert-OH is 1. The van der Waals surface area contributed by atoms with Gasteiger partial charge in [0.15, 0.2) is 0 Å². The molecule has 0 saturated heterocycles. The standard InChI is InChI=1S/C18H21NOS/c20-11-16(10-14-6-2-1-3-7-14)19-18-13-21-12-15-8-4-5-9-17(15)18/h1-9,16,18-20H,10-13H2/t16-,18?/m1/s1. The summed E-state index contributed by atoms with van der Waals surface area (Å²) in [6.07, 6.45) is 0.862. The summed E-state index contributed by atoms with van der Waals surface area (Å²) in [7, 11) is 0. The number of hydrogen-bond acceptors (Lipinski definition) is 3. The van der Waals surface area contributed by atoms with Gasteiger partial charge >= 0.3 is 0 Å². The molecule has 0 amide bonds. The first-order valence-corrected chi connectivity index (χ1v) is 8.58. The minimum absolute atomic E-state index is 0.101. The van der Waals surface area contributed by atoms with Gasteiger partial charge in [0, 0.05) is 23.6 Å². The summed E-state index contributed by atoms with van der Waals surface area (Å²) in [6, 6.07) is 19.4. The average molecular weight is 299 g/mol. The van der Waals surface area contributed by atoms with E-state index in [1.54, 1.807) is 0 Å². The Morgan fingerprint density at radius 3 is 2.67 bits per heavy atom. The van der Waals surface area contributed by atoms with E-state index in [1.807, 2.05) is 17.8 Å². The SMILES string of the molecule is OC[C@@H](Cc1ccccc1)NC1CSCc2ccccc21. The Bertz CT molecular complexity index is 572. The van der Waals surface area contributed by atoms with Crippen molar-refractivity contribution in [3.05, 3.63) is 71.3 Å². The maximum atomic E-state index is 9.70. The summed E-state index contributed by atoms with van der Waals surface area (Å²) in [6.45, 7) is 0.165. The number of hydrogen-bond donors (Lipinski definition) is 2. The molecule has 2 nitrogen and oxygen atoms in total. The molecule has 0 aliphatic carbocycles. The van der Waals surface area contributed by atoms with Crippen LogP contribution >= 0.6 is 11.8 Å². The Hall–Kier alpha value is -1.29. The number of benzene rings is 2. The Morgan fingerprint density at radius 2 is 1.86 bits per heavy atom. The molecule has 2 aromatic carbocycles. The summed E-state index contributed by atoms with van der Waals surface area (Å²) in [5.74, 6) is 2.17. The molecule has 2 atom stereocenters. The first-order chi connectivity index (χ1) is 10.4. The van der Waals surface area contributed by atoms with Crippen molar-refractivity contribution >= 4 is 11.8 Å². The highest BCUT2D eigenvalue weighted by atomic mass is 32.2. The van der Waals surface area contributed by atoms with Gasteiger partial charge in [-0.05, 0) is 23.1 Å². The third kappa shape index (κ3) is 3.67. The fraction of sp³-hybridized carbons (Fsp3) is 0.333. The monoisotopic (exact) mass is 299 g/mol. The highest BCUT2D eigenvalue weighted by molar-refractivity contribution is 7.98. The van der Waals surface area contributed by atoms with Crippen molar-refractivity contribution < 1.29 is 5.11 Å². The Labute approximate surface area is 130 Å². The van der Waals surface area contributed by atoms with Crippen LogP contribution in [0.15, 0.2) is 54.6 Å².